The molecular formula is C22H20ClN7. The predicted molar refractivity (Wildman–Crippen MR) is 122 cm³/mol. The minimum absolute atomic E-state index is 0.628. The highest BCUT2D eigenvalue weighted by atomic mass is 35.5. The summed E-state index contributed by atoms with van der Waals surface area (Å²) < 4.78 is 1.94. The van der Waals surface area contributed by atoms with Crippen LogP contribution in [0.2, 0.25) is 5.02 Å². The van der Waals surface area contributed by atoms with Crippen molar-refractivity contribution in [2.45, 2.75) is 6.54 Å². The third-order valence-electron chi connectivity index (χ3n) is 4.61. The fourth-order valence-electron chi connectivity index (χ4n) is 3.10. The van der Waals surface area contributed by atoms with Gasteiger partial charge >= 0.3 is 0 Å². The number of nitrogens with two attached hydrogens (primary N) is 1. The number of fused-ring (bicyclic) bond motifs is 1. The molecule has 1 aromatic carbocycles. The van der Waals surface area contributed by atoms with Crippen molar-refractivity contribution in [2.75, 3.05) is 12.4 Å². The zero-order valence-corrected chi connectivity index (χ0v) is 17.1. The molecule has 3 aromatic heterocycles. The Morgan fingerprint density at radius 2 is 2.00 bits per heavy atom. The van der Waals surface area contributed by atoms with Gasteiger partial charge in [0.2, 0.25) is 0 Å². The molecule has 3 N–H and O–H groups in total. The maximum absolute atomic E-state index is 6.04. The second-order valence-electron chi connectivity index (χ2n) is 6.56. The van der Waals surface area contributed by atoms with Crippen molar-refractivity contribution in [3.63, 3.8) is 0 Å². The Morgan fingerprint density at radius 3 is 2.77 bits per heavy atom. The predicted octanol–water partition coefficient (Wildman–Crippen LogP) is 4.06. The third-order valence-corrected chi connectivity index (χ3v) is 4.85. The number of hydrogen-bond acceptors (Lipinski definition) is 6. The van der Waals surface area contributed by atoms with Gasteiger partial charge in [-0.15, -0.1) is 0 Å². The van der Waals surface area contributed by atoms with Crippen molar-refractivity contribution in [2.24, 2.45) is 10.7 Å². The first-order valence-corrected chi connectivity index (χ1v) is 9.68. The van der Waals surface area contributed by atoms with E-state index in [1.54, 1.807) is 32.0 Å². The quantitative estimate of drug-likeness (QED) is 0.461. The maximum Gasteiger partial charge on any atom is 0.138 e. The molecule has 0 aliphatic heterocycles. The molecule has 0 radical (unpaired) electrons. The van der Waals surface area contributed by atoms with Crippen molar-refractivity contribution in [1.82, 2.24) is 19.4 Å². The lowest BCUT2D eigenvalue weighted by atomic mass is 10.1. The van der Waals surface area contributed by atoms with E-state index in [9.17, 15) is 0 Å². The molecule has 3 heterocycles. The number of halogens is 1. The monoisotopic (exact) mass is 417 g/mol. The molecular weight excluding hydrogens is 398 g/mol. The van der Waals surface area contributed by atoms with Gasteiger partial charge in [0.25, 0.3) is 0 Å². The van der Waals surface area contributed by atoms with E-state index in [0.717, 1.165) is 39.6 Å². The van der Waals surface area contributed by atoms with E-state index in [-0.39, 0.29) is 0 Å². The number of nitrogens with one attached hydrogen (secondary N) is 1. The van der Waals surface area contributed by atoms with Crippen LogP contribution in [-0.2, 0) is 6.54 Å². The topological polar surface area (TPSA) is 93.5 Å². The van der Waals surface area contributed by atoms with E-state index in [1.807, 2.05) is 53.1 Å². The summed E-state index contributed by atoms with van der Waals surface area (Å²) in [5.74, 6) is 0.730. The molecule has 8 heteroatoms. The summed E-state index contributed by atoms with van der Waals surface area (Å²) >= 11 is 6.04. The number of benzene rings is 1. The molecule has 0 aliphatic carbocycles. The Labute approximate surface area is 179 Å². The van der Waals surface area contributed by atoms with Gasteiger partial charge in [0.15, 0.2) is 0 Å². The van der Waals surface area contributed by atoms with E-state index >= 15 is 0 Å². The van der Waals surface area contributed by atoms with E-state index in [4.69, 9.17) is 17.3 Å². The van der Waals surface area contributed by atoms with E-state index < -0.39 is 0 Å². The summed E-state index contributed by atoms with van der Waals surface area (Å²) in [6.45, 7) is 0.628. The zero-order chi connectivity index (χ0) is 20.9. The lowest BCUT2D eigenvalue weighted by Gasteiger charge is -2.08. The lowest BCUT2D eigenvalue weighted by Crippen LogP contribution is -2.03. The molecule has 7 nitrogen and oxygen atoms in total. The first-order chi connectivity index (χ1) is 14.7. The summed E-state index contributed by atoms with van der Waals surface area (Å²) in [4.78, 5) is 17.1. The maximum atomic E-state index is 6.04. The van der Waals surface area contributed by atoms with Crippen LogP contribution in [0.25, 0.3) is 22.6 Å². The second-order valence-corrected chi connectivity index (χ2v) is 7.00. The summed E-state index contributed by atoms with van der Waals surface area (Å²) in [6.07, 6.45) is 8.49. The highest BCUT2D eigenvalue weighted by Crippen LogP contribution is 2.22. The molecule has 0 aliphatic rings. The molecule has 0 spiro atoms. The van der Waals surface area contributed by atoms with Crippen molar-refractivity contribution in [3.05, 3.63) is 83.5 Å². The van der Waals surface area contributed by atoms with Crippen molar-refractivity contribution in [3.8, 4) is 11.4 Å². The Morgan fingerprint density at radius 1 is 1.17 bits per heavy atom. The van der Waals surface area contributed by atoms with Gasteiger partial charge in [0.1, 0.15) is 17.8 Å². The van der Waals surface area contributed by atoms with Crippen LogP contribution in [0.15, 0.2) is 72.4 Å². The minimum atomic E-state index is 0.628. The molecule has 0 atom stereocenters. The van der Waals surface area contributed by atoms with E-state index in [1.165, 1.54) is 0 Å². The Balaban J connectivity index is 1.50. The summed E-state index contributed by atoms with van der Waals surface area (Å²) in [7, 11) is 1.72. The van der Waals surface area contributed by atoms with Crippen LogP contribution >= 0.6 is 11.6 Å². The largest absolute Gasteiger partial charge is 0.404 e. The Hall–Kier alpha value is -3.71. The first kappa shape index (κ1) is 19.6. The number of pyridine rings is 1. The van der Waals surface area contributed by atoms with Crippen molar-refractivity contribution in [1.29, 1.82) is 0 Å². The van der Waals surface area contributed by atoms with Gasteiger partial charge in [-0.3, -0.25) is 9.39 Å². The number of imidazole rings is 1. The van der Waals surface area contributed by atoms with Crippen LogP contribution in [0.3, 0.4) is 0 Å². The van der Waals surface area contributed by atoms with Crippen LogP contribution in [0, 0.1) is 0 Å². The minimum Gasteiger partial charge on any atom is -0.404 e. The number of rotatable bonds is 6. The molecule has 0 fully saturated rings. The molecule has 150 valence electrons. The number of anilines is 1. The number of aromatic nitrogens is 4. The Bertz CT molecular complexity index is 1230. The van der Waals surface area contributed by atoms with Gasteiger partial charge in [-0.25, -0.2) is 15.0 Å². The van der Waals surface area contributed by atoms with E-state index in [0.29, 0.717) is 11.6 Å². The SMILES string of the molecule is CN=CC(=CN)c1ccc(CNc2cc(-c3cnc4cc(Cl)ccn34)ncn2)cc1. The number of hydrogen-bond donors (Lipinski definition) is 2. The standard InChI is InChI=1S/C22H20ClN7/c1-25-12-17(10-24)16-4-2-15(3-5-16)11-26-21-9-19(28-14-29-21)20-13-27-22-8-18(23)6-7-30(20)22/h2-10,12-14H,11,24H2,1H3,(H,26,28,29). The molecule has 0 saturated carbocycles. The van der Waals surface area contributed by atoms with Crippen LogP contribution < -0.4 is 11.1 Å². The van der Waals surface area contributed by atoms with Gasteiger partial charge < -0.3 is 11.1 Å². The van der Waals surface area contributed by atoms with Gasteiger partial charge in [0, 0.05) is 54.9 Å². The van der Waals surface area contributed by atoms with Crippen LogP contribution in [-0.4, -0.2) is 32.6 Å². The molecule has 30 heavy (non-hydrogen) atoms. The fraction of sp³-hybridized carbons (Fsp3) is 0.0909. The average Bonchev–Trinajstić information content (AvgIpc) is 3.20. The van der Waals surface area contributed by atoms with Gasteiger partial charge in [0.05, 0.1) is 17.6 Å². The summed E-state index contributed by atoms with van der Waals surface area (Å²) in [5.41, 5.74) is 11.1. The molecule has 0 amide bonds. The normalized spacial score (nSPS) is 12.0. The molecule has 0 saturated heterocycles. The highest BCUT2D eigenvalue weighted by Gasteiger charge is 2.09. The molecule has 0 unspecified atom stereocenters. The third kappa shape index (κ3) is 4.16. The average molecular weight is 418 g/mol. The summed E-state index contributed by atoms with van der Waals surface area (Å²) in [5, 5.41) is 3.99. The van der Waals surface area contributed by atoms with Gasteiger partial charge in [-0.1, -0.05) is 35.9 Å². The van der Waals surface area contributed by atoms with E-state index in [2.05, 4.69) is 25.3 Å². The molecule has 0 bridgehead atoms. The first-order valence-electron chi connectivity index (χ1n) is 9.30. The van der Waals surface area contributed by atoms with Gasteiger partial charge in [-0.05, 0) is 17.2 Å². The zero-order valence-electron chi connectivity index (χ0n) is 16.3. The van der Waals surface area contributed by atoms with Gasteiger partial charge in [-0.2, -0.15) is 0 Å². The number of aliphatic imine (C=N–C) groups is 1. The Kier molecular flexibility index (Phi) is 5.72. The smallest absolute Gasteiger partial charge is 0.138 e. The second kappa shape index (κ2) is 8.75. The van der Waals surface area contributed by atoms with Crippen molar-refractivity contribution < 1.29 is 0 Å². The highest BCUT2D eigenvalue weighted by molar-refractivity contribution is 6.30. The lowest BCUT2D eigenvalue weighted by molar-refractivity contribution is 1.07. The number of nitrogens with zero attached hydrogens (tertiary/aromatic N) is 5. The fourth-order valence-corrected chi connectivity index (χ4v) is 3.25. The van der Waals surface area contributed by atoms with Crippen LogP contribution in [0.1, 0.15) is 11.1 Å². The van der Waals surface area contributed by atoms with Crippen LogP contribution in [0.4, 0.5) is 5.82 Å². The molecule has 4 rings (SSSR count). The summed E-state index contributed by atoms with van der Waals surface area (Å²) in [6, 6.07) is 13.7. The molecule has 4 aromatic rings. The number of allylic oxidation sites excluding steroid dienone is 1. The van der Waals surface area contributed by atoms with Crippen LogP contribution in [0.5, 0.6) is 0 Å². The van der Waals surface area contributed by atoms with Crippen molar-refractivity contribution >= 4 is 34.9 Å².